The van der Waals surface area contributed by atoms with E-state index in [9.17, 15) is 14.4 Å². The van der Waals surface area contributed by atoms with Crippen molar-refractivity contribution in [3.8, 4) is 0 Å². The van der Waals surface area contributed by atoms with Crippen LogP contribution in [0.25, 0.3) is 0 Å². The summed E-state index contributed by atoms with van der Waals surface area (Å²) in [5.74, 6) is 1.74. The van der Waals surface area contributed by atoms with E-state index in [1.165, 1.54) is 26.2 Å². The molecule has 1 amide bonds. The fourth-order valence-electron chi connectivity index (χ4n) is 6.14. The Kier molecular flexibility index (Phi) is 5.02. The van der Waals surface area contributed by atoms with Gasteiger partial charge in [0.1, 0.15) is 0 Å². The minimum Gasteiger partial charge on any atom is -0.453 e. The van der Waals surface area contributed by atoms with Crippen molar-refractivity contribution in [1.29, 1.82) is 0 Å². The molecule has 5 heteroatoms. The summed E-state index contributed by atoms with van der Waals surface area (Å²) in [5, 5.41) is 2.75. The third-order valence-corrected chi connectivity index (χ3v) is 6.92. The predicted octanol–water partition coefficient (Wildman–Crippen LogP) is 4.37. The van der Waals surface area contributed by atoms with Crippen LogP contribution in [0, 0.1) is 23.2 Å². The lowest BCUT2D eigenvalue weighted by Gasteiger charge is -2.56. The minimum atomic E-state index is -0.839. The number of esters is 1. The van der Waals surface area contributed by atoms with Crippen molar-refractivity contribution in [2.75, 3.05) is 5.32 Å². The average molecular weight is 383 g/mol. The predicted molar refractivity (Wildman–Crippen MR) is 106 cm³/mol. The van der Waals surface area contributed by atoms with Gasteiger partial charge < -0.3 is 10.1 Å². The number of rotatable bonds is 6. The number of anilines is 1. The Morgan fingerprint density at radius 1 is 1.04 bits per heavy atom. The first-order valence-corrected chi connectivity index (χ1v) is 10.4. The number of carbonyl (C=O) groups excluding carboxylic acids is 3. The van der Waals surface area contributed by atoms with Crippen LogP contribution < -0.4 is 5.32 Å². The first kappa shape index (κ1) is 19.2. The molecule has 0 aliphatic heterocycles. The maximum atomic E-state index is 12.6. The molecule has 4 bridgehead atoms. The number of hydrogen-bond acceptors (Lipinski definition) is 4. The second-order valence-electron chi connectivity index (χ2n) is 9.35. The van der Waals surface area contributed by atoms with Crippen LogP contribution >= 0.6 is 0 Å². The largest absolute Gasteiger partial charge is 0.453 e. The molecule has 1 aromatic rings. The van der Waals surface area contributed by atoms with E-state index in [0.717, 1.165) is 37.0 Å². The summed E-state index contributed by atoms with van der Waals surface area (Å²) in [4.78, 5) is 36.3. The molecule has 0 aromatic heterocycles. The third kappa shape index (κ3) is 3.98. The fourth-order valence-corrected chi connectivity index (χ4v) is 6.14. The average Bonchev–Trinajstić information content (AvgIpc) is 2.60. The molecule has 0 heterocycles. The zero-order valence-corrected chi connectivity index (χ0v) is 16.7. The Hall–Kier alpha value is -2.17. The van der Waals surface area contributed by atoms with Crippen molar-refractivity contribution < 1.29 is 19.1 Å². The smallest absolute Gasteiger partial charge is 0.307 e. The molecule has 1 atom stereocenters. The maximum Gasteiger partial charge on any atom is 0.307 e. The Labute approximate surface area is 166 Å². The van der Waals surface area contributed by atoms with Gasteiger partial charge in [0.15, 0.2) is 11.9 Å². The van der Waals surface area contributed by atoms with Crippen molar-refractivity contribution in [3.05, 3.63) is 29.8 Å². The molecule has 4 fully saturated rings. The molecule has 0 unspecified atom stereocenters. The first-order valence-electron chi connectivity index (χ1n) is 10.4. The van der Waals surface area contributed by atoms with Gasteiger partial charge in [-0.25, -0.2) is 0 Å². The standard InChI is InChI=1S/C23H29NO4/c1-14(25)19-3-5-20(6-4-19)24-22(27)15(2)28-21(26)13-23-10-16-7-17(11-23)9-18(8-16)12-23/h3-6,15-18H,7-13H2,1-2H3,(H,24,27)/t15-,16?,17?,18?,23?/m0/s1. The molecule has 1 N–H and O–H groups in total. The molecule has 28 heavy (non-hydrogen) atoms. The highest BCUT2D eigenvalue weighted by Gasteiger charge is 2.51. The SMILES string of the molecule is CC(=O)c1ccc(NC(=O)[C@H](C)OC(=O)CC23CC4CC(CC(C4)C2)C3)cc1. The highest BCUT2D eigenvalue weighted by Crippen LogP contribution is 2.61. The number of nitrogens with one attached hydrogen (secondary N) is 1. The lowest BCUT2D eigenvalue weighted by molar-refractivity contribution is -0.160. The van der Waals surface area contributed by atoms with Crippen LogP contribution in [0.4, 0.5) is 5.69 Å². The summed E-state index contributed by atoms with van der Waals surface area (Å²) in [5.41, 5.74) is 1.29. The summed E-state index contributed by atoms with van der Waals surface area (Å²) in [6, 6.07) is 6.69. The molecular weight excluding hydrogens is 354 g/mol. The molecule has 0 saturated heterocycles. The van der Waals surface area contributed by atoms with Crippen LogP contribution in [-0.4, -0.2) is 23.8 Å². The highest BCUT2D eigenvalue weighted by molar-refractivity contribution is 5.97. The van der Waals surface area contributed by atoms with Gasteiger partial charge in [0.2, 0.25) is 0 Å². The van der Waals surface area contributed by atoms with Gasteiger partial charge in [-0.05, 0) is 99.8 Å². The summed E-state index contributed by atoms with van der Waals surface area (Å²) in [6.07, 6.45) is 7.09. The van der Waals surface area contributed by atoms with E-state index in [-0.39, 0.29) is 23.1 Å². The highest BCUT2D eigenvalue weighted by atomic mass is 16.5. The van der Waals surface area contributed by atoms with Gasteiger partial charge in [0.25, 0.3) is 5.91 Å². The van der Waals surface area contributed by atoms with Crippen molar-refractivity contribution in [3.63, 3.8) is 0 Å². The Balaban J connectivity index is 1.30. The Morgan fingerprint density at radius 3 is 2.07 bits per heavy atom. The topological polar surface area (TPSA) is 72.5 Å². The zero-order valence-electron chi connectivity index (χ0n) is 16.7. The quantitative estimate of drug-likeness (QED) is 0.585. The molecule has 0 spiro atoms. The van der Waals surface area contributed by atoms with E-state index in [1.54, 1.807) is 31.2 Å². The van der Waals surface area contributed by atoms with Crippen LogP contribution in [0.2, 0.25) is 0 Å². The van der Waals surface area contributed by atoms with Gasteiger partial charge in [-0.15, -0.1) is 0 Å². The van der Waals surface area contributed by atoms with Gasteiger partial charge in [0, 0.05) is 11.3 Å². The molecule has 4 saturated carbocycles. The molecule has 4 aliphatic rings. The number of carbonyl (C=O) groups is 3. The van der Waals surface area contributed by atoms with Crippen LogP contribution in [0.1, 0.15) is 69.2 Å². The van der Waals surface area contributed by atoms with E-state index in [1.807, 2.05) is 0 Å². The maximum absolute atomic E-state index is 12.6. The van der Waals surface area contributed by atoms with E-state index >= 15 is 0 Å². The summed E-state index contributed by atoms with van der Waals surface area (Å²) in [6.45, 7) is 3.11. The first-order chi connectivity index (χ1) is 13.3. The van der Waals surface area contributed by atoms with E-state index in [2.05, 4.69) is 5.32 Å². The van der Waals surface area contributed by atoms with E-state index in [0.29, 0.717) is 17.7 Å². The monoisotopic (exact) mass is 383 g/mol. The second-order valence-corrected chi connectivity index (χ2v) is 9.35. The fraction of sp³-hybridized carbons (Fsp3) is 0.609. The molecular formula is C23H29NO4. The van der Waals surface area contributed by atoms with E-state index in [4.69, 9.17) is 4.74 Å². The third-order valence-electron chi connectivity index (χ3n) is 6.92. The van der Waals surface area contributed by atoms with Crippen molar-refractivity contribution in [2.45, 2.75) is 64.9 Å². The molecule has 5 nitrogen and oxygen atoms in total. The molecule has 1 aromatic carbocycles. The van der Waals surface area contributed by atoms with Crippen LogP contribution in [0.15, 0.2) is 24.3 Å². The molecule has 150 valence electrons. The van der Waals surface area contributed by atoms with Gasteiger partial charge in [0.05, 0.1) is 6.42 Å². The Morgan fingerprint density at radius 2 is 1.57 bits per heavy atom. The Bertz CT molecular complexity index is 747. The number of ketones is 1. The van der Waals surface area contributed by atoms with Crippen molar-refractivity contribution in [1.82, 2.24) is 0 Å². The summed E-state index contributed by atoms with van der Waals surface area (Å²) < 4.78 is 5.48. The van der Waals surface area contributed by atoms with Crippen LogP contribution in [0.3, 0.4) is 0 Å². The lowest BCUT2D eigenvalue weighted by atomic mass is 9.49. The number of benzene rings is 1. The van der Waals surface area contributed by atoms with Gasteiger partial charge in [-0.1, -0.05) is 0 Å². The number of amides is 1. The summed E-state index contributed by atoms with van der Waals surface area (Å²) >= 11 is 0. The zero-order chi connectivity index (χ0) is 19.9. The van der Waals surface area contributed by atoms with E-state index < -0.39 is 6.10 Å². The van der Waals surface area contributed by atoms with Gasteiger partial charge >= 0.3 is 5.97 Å². The van der Waals surface area contributed by atoms with Gasteiger partial charge in [-0.2, -0.15) is 0 Å². The molecule has 5 rings (SSSR count). The van der Waals surface area contributed by atoms with Crippen LogP contribution in [0.5, 0.6) is 0 Å². The second kappa shape index (κ2) is 7.34. The summed E-state index contributed by atoms with van der Waals surface area (Å²) in [7, 11) is 0. The van der Waals surface area contributed by atoms with Crippen molar-refractivity contribution in [2.24, 2.45) is 23.2 Å². The molecule has 0 radical (unpaired) electrons. The van der Waals surface area contributed by atoms with Gasteiger partial charge in [-0.3, -0.25) is 14.4 Å². The van der Waals surface area contributed by atoms with Crippen molar-refractivity contribution >= 4 is 23.3 Å². The number of Topliss-reactive ketones (excluding diaryl/α,β-unsaturated/α-hetero) is 1. The number of hydrogen-bond donors (Lipinski definition) is 1. The van der Waals surface area contributed by atoms with Crippen LogP contribution in [-0.2, 0) is 14.3 Å². The lowest BCUT2D eigenvalue weighted by Crippen LogP contribution is -2.47. The number of ether oxygens (including phenoxy) is 1. The molecule has 4 aliphatic carbocycles. The normalized spacial score (nSPS) is 31.3. The minimum absolute atomic E-state index is 0.0233.